The van der Waals surface area contributed by atoms with Crippen LogP contribution in [0.25, 0.3) is 0 Å². The number of esters is 1. The minimum Gasteiger partial charge on any atom is -0.496 e. The Hall–Kier alpha value is -2.82. The van der Waals surface area contributed by atoms with Gasteiger partial charge in [-0.2, -0.15) is 0 Å². The third-order valence-corrected chi connectivity index (χ3v) is 3.49. The van der Waals surface area contributed by atoms with Gasteiger partial charge in [0, 0.05) is 0 Å². The maximum atomic E-state index is 12.0. The number of methoxy groups -OCH3 is 1. The molecule has 0 aromatic heterocycles. The van der Waals surface area contributed by atoms with Gasteiger partial charge >= 0.3 is 5.97 Å². The van der Waals surface area contributed by atoms with Crippen molar-refractivity contribution in [2.75, 3.05) is 7.11 Å². The molecule has 5 nitrogen and oxygen atoms in total. The predicted octanol–water partition coefficient (Wildman–Crippen LogP) is 3.97. The van der Waals surface area contributed by atoms with E-state index in [9.17, 15) is 9.59 Å². The van der Waals surface area contributed by atoms with Crippen LogP contribution >= 0.6 is 0 Å². The van der Waals surface area contributed by atoms with E-state index in [-0.39, 0.29) is 12.4 Å². The fourth-order valence-corrected chi connectivity index (χ4v) is 2.43. The number of carbonyl (C=O) groups is 2. The lowest BCUT2D eigenvalue weighted by molar-refractivity contribution is -0.153. The first-order valence-electron chi connectivity index (χ1n) is 8.36. The summed E-state index contributed by atoms with van der Waals surface area (Å²) in [5.41, 5.74) is 1.73. The normalized spacial score (nSPS) is 10.9. The molecule has 2 aromatic rings. The Morgan fingerprint density at radius 3 is 2.46 bits per heavy atom. The lowest BCUT2D eigenvalue weighted by Crippen LogP contribution is -2.24. The number of aldehydes is 1. The van der Waals surface area contributed by atoms with Gasteiger partial charge in [0.2, 0.25) is 0 Å². The van der Waals surface area contributed by atoms with Crippen LogP contribution in [0.2, 0.25) is 0 Å². The molecule has 138 valence electrons. The topological polar surface area (TPSA) is 61.8 Å². The van der Waals surface area contributed by atoms with Gasteiger partial charge in [0.25, 0.3) is 0 Å². The molecule has 26 heavy (non-hydrogen) atoms. The Bertz CT molecular complexity index is 774. The van der Waals surface area contributed by atoms with Gasteiger partial charge in [-0.25, -0.2) is 0 Å². The van der Waals surface area contributed by atoms with Crippen molar-refractivity contribution in [2.45, 2.75) is 39.4 Å². The zero-order valence-corrected chi connectivity index (χ0v) is 15.6. The summed E-state index contributed by atoms with van der Waals surface area (Å²) in [5, 5.41) is 0. The van der Waals surface area contributed by atoms with Crippen molar-refractivity contribution in [3.05, 3.63) is 59.2 Å². The van der Waals surface area contributed by atoms with E-state index in [0.29, 0.717) is 23.7 Å². The standard InChI is InChI=1S/C21H24O5/c1-21(2,3)26-20(23)11-15-6-5-7-16(10-15)14-25-18-8-9-19(24-4)17(12-18)13-22/h5-10,12-13H,11,14H2,1-4H3. The zero-order chi connectivity index (χ0) is 19.2. The van der Waals surface area contributed by atoms with Gasteiger partial charge in [-0.15, -0.1) is 0 Å². The molecule has 0 aliphatic carbocycles. The second-order valence-corrected chi connectivity index (χ2v) is 6.89. The molecule has 5 heteroatoms. The molecular weight excluding hydrogens is 332 g/mol. The number of hydrogen-bond acceptors (Lipinski definition) is 5. The fraction of sp³-hybridized carbons (Fsp3) is 0.333. The van der Waals surface area contributed by atoms with Crippen LogP contribution in [0.1, 0.15) is 42.3 Å². The van der Waals surface area contributed by atoms with Crippen molar-refractivity contribution >= 4 is 12.3 Å². The van der Waals surface area contributed by atoms with Gasteiger partial charge in [-0.3, -0.25) is 9.59 Å². The summed E-state index contributed by atoms with van der Waals surface area (Å²) in [6.07, 6.45) is 0.941. The number of benzene rings is 2. The van der Waals surface area contributed by atoms with Gasteiger partial charge in [0.1, 0.15) is 23.7 Å². The van der Waals surface area contributed by atoms with Crippen LogP contribution in [-0.2, 0) is 22.6 Å². The molecule has 0 bridgehead atoms. The minimum absolute atomic E-state index is 0.211. The summed E-state index contributed by atoms with van der Waals surface area (Å²) >= 11 is 0. The Morgan fingerprint density at radius 1 is 1.08 bits per heavy atom. The molecule has 2 rings (SSSR count). The number of ether oxygens (including phenoxy) is 3. The van der Waals surface area contributed by atoms with Crippen LogP contribution in [-0.4, -0.2) is 25.0 Å². The lowest BCUT2D eigenvalue weighted by atomic mass is 10.1. The monoisotopic (exact) mass is 356 g/mol. The van der Waals surface area contributed by atoms with E-state index >= 15 is 0 Å². The Labute approximate surface area is 153 Å². The Balaban J connectivity index is 2.00. The molecule has 0 atom stereocenters. The molecule has 0 aliphatic heterocycles. The second kappa shape index (κ2) is 8.52. The van der Waals surface area contributed by atoms with Gasteiger partial charge < -0.3 is 14.2 Å². The van der Waals surface area contributed by atoms with Crippen molar-refractivity contribution in [3.8, 4) is 11.5 Å². The first kappa shape index (κ1) is 19.5. The molecule has 0 N–H and O–H groups in total. The molecule has 0 amide bonds. The Morgan fingerprint density at radius 2 is 1.81 bits per heavy atom. The third kappa shape index (κ3) is 5.92. The van der Waals surface area contributed by atoms with Gasteiger partial charge in [0.15, 0.2) is 6.29 Å². The van der Waals surface area contributed by atoms with E-state index in [2.05, 4.69) is 0 Å². The van der Waals surface area contributed by atoms with E-state index in [4.69, 9.17) is 14.2 Å². The third-order valence-electron chi connectivity index (χ3n) is 3.49. The molecule has 0 fully saturated rings. The van der Waals surface area contributed by atoms with E-state index in [1.54, 1.807) is 18.2 Å². The SMILES string of the molecule is COc1ccc(OCc2cccc(CC(=O)OC(C)(C)C)c2)cc1C=O. The second-order valence-electron chi connectivity index (χ2n) is 6.89. The highest BCUT2D eigenvalue weighted by Crippen LogP contribution is 2.23. The first-order valence-corrected chi connectivity index (χ1v) is 8.36. The van der Waals surface area contributed by atoms with Crippen LogP contribution in [0.5, 0.6) is 11.5 Å². The van der Waals surface area contributed by atoms with E-state index in [1.165, 1.54) is 7.11 Å². The Kier molecular flexibility index (Phi) is 6.39. The van der Waals surface area contributed by atoms with Gasteiger partial charge in [0.05, 0.1) is 19.1 Å². The fourth-order valence-electron chi connectivity index (χ4n) is 2.43. The molecule has 0 unspecified atom stereocenters. The quantitative estimate of drug-likeness (QED) is 0.555. The molecule has 0 radical (unpaired) electrons. The van der Waals surface area contributed by atoms with Crippen molar-refractivity contribution < 1.29 is 23.8 Å². The zero-order valence-electron chi connectivity index (χ0n) is 15.6. The summed E-state index contributed by atoms with van der Waals surface area (Å²) in [5.74, 6) is 0.818. The van der Waals surface area contributed by atoms with Crippen LogP contribution in [0, 0.1) is 0 Å². The minimum atomic E-state index is -0.498. The molecule has 0 spiro atoms. The summed E-state index contributed by atoms with van der Waals surface area (Å²) in [4.78, 5) is 23.0. The van der Waals surface area contributed by atoms with Gasteiger partial charge in [-0.05, 0) is 50.1 Å². The molecule has 0 saturated heterocycles. The van der Waals surface area contributed by atoms with Crippen LogP contribution < -0.4 is 9.47 Å². The van der Waals surface area contributed by atoms with Crippen LogP contribution in [0.15, 0.2) is 42.5 Å². The summed E-state index contributed by atoms with van der Waals surface area (Å²) in [6, 6.07) is 12.7. The predicted molar refractivity (Wildman–Crippen MR) is 98.7 cm³/mol. The van der Waals surface area contributed by atoms with Crippen molar-refractivity contribution in [1.82, 2.24) is 0 Å². The molecule has 0 saturated carbocycles. The highest BCUT2D eigenvalue weighted by atomic mass is 16.6. The van der Waals surface area contributed by atoms with Crippen molar-refractivity contribution in [1.29, 1.82) is 0 Å². The van der Waals surface area contributed by atoms with Crippen LogP contribution in [0.4, 0.5) is 0 Å². The maximum absolute atomic E-state index is 12.0. The average molecular weight is 356 g/mol. The summed E-state index contributed by atoms with van der Waals surface area (Å²) < 4.78 is 16.2. The summed E-state index contributed by atoms with van der Waals surface area (Å²) in [7, 11) is 1.51. The van der Waals surface area contributed by atoms with Crippen LogP contribution in [0.3, 0.4) is 0 Å². The number of carbonyl (C=O) groups excluding carboxylic acids is 2. The largest absolute Gasteiger partial charge is 0.496 e. The van der Waals surface area contributed by atoms with E-state index < -0.39 is 5.60 Å². The lowest BCUT2D eigenvalue weighted by Gasteiger charge is -2.19. The number of hydrogen-bond donors (Lipinski definition) is 0. The van der Waals surface area contributed by atoms with Gasteiger partial charge in [-0.1, -0.05) is 24.3 Å². The molecule has 0 heterocycles. The maximum Gasteiger partial charge on any atom is 0.310 e. The average Bonchev–Trinajstić information content (AvgIpc) is 2.58. The highest BCUT2D eigenvalue weighted by molar-refractivity contribution is 5.80. The van der Waals surface area contributed by atoms with E-state index in [1.807, 2.05) is 45.0 Å². The molecular formula is C21H24O5. The highest BCUT2D eigenvalue weighted by Gasteiger charge is 2.16. The first-order chi connectivity index (χ1) is 12.3. The molecule has 0 aliphatic rings. The van der Waals surface area contributed by atoms with Crippen molar-refractivity contribution in [3.63, 3.8) is 0 Å². The summed E-state index contributed by atoms with van der Waals surface area (Å²) in [6.45, 7) is 5.86. The molecule has 2 aromatic carbocycles. The van der Waals surface area contributed by atoms with Crippen molar-refractivity contribution in [2.24, 2.45) is 0 Å². The number of rotatable bonds is 7. The smallest absolute Gasteiger partial charge is 0.310 e. The van der Waals surface area contributed by atoms with E-state index in [0.717, 1.165) is 17.4 Å².